The zero-order valence-corrected chi connectivity index (χ0v) is 30.6. The first-order chi connectivity index (χ1) is 24.1. The predicted molar refractivity (Wildman–Crippen MR) is 195 cm³/mol. The molecule has 3 aliphatic heterocycles. The third kappa shape index (κ3) is 7.42. The Morgan fingerprint density at radius 3 is 2.54 bits per heavy atom. The van der Waals surface area contributed by atoms with Crippen molar-refractivity contribution in [3.05, 3.63) is 90.5 Å². The number of rotatable bonds is 17. The number of aliphatic hydroxyl groups excluding tert-OH is 1. The lowest BCUT2D eigenvalue weighted by Gasteiger charge is -2.37. The van der Waals surface area contributed by atoms with Gasteiger partial charge in [0.05, 0.1) is 34.7 Å². The van der Waals surface area contributed by atoms with E-state index in [0.29, 0.717) is 48.4 Å². The van der Waals surface area contributed by atoms with Crippen molar-refractivity contribution >= 4 is 56.9 Å². The van der Waals surface area contributed by atoms with Gasteiger partial charge in [0.1, 0.15) is 17.7 Å². The summed E-state index contributed by atoms with van der Waals surface area (Å²) >= 11 is 10.3. The number of unbranched alkanes of at least 4 members (excludes halogenated alkanes) is 2. The summed E-state index contributed by atoms with van der Waals surface area (Å²) in [6.07, 6.45) is 4.49. The molecule has 8 atom stereocenters. The third-order valence-corrected chi connectivity index (χ3v) is 11.0. The van der Waals surface area contributed by atoms with Gasteiger partial charge in [0.2, 0.25) is 11.8 Å². The van der Waals surface area contributed by atoms with E-state index in [2.05, 4.69) is 34.4 Å². The number of allylic oxidation sites excluding steroid dienone is 1. The lowest BCUT2D eigenvalue weighted by Crippen LogP contribution is -2.57. The molecule has 12 heteroatoms. The van der Waals surface area contributed by atoms with Gasteiger partial charge >= 0.3 is 5.97 Å². The van der Waals surface area contributed by atoms with Crippen molar-refractivity contribution in [2.45, 2.75) is 80.2 Å². The molecule has 3 aliphatic rings. The zero-order chi connectivity index (χ0) is 36.0. The minimum absolute atomic E-state index is 0.0160. The second-order valence-electron chi connectivity index (χ2n) is 13.1. The van der Waals surface area contributed by atoms with Crippen LogP contribution in [0.15, 0.2) is 79.9 Å². The van der Waals surface area contributed by atoms with Gasteiger partial charge in [-0.25, -0.2) is 0 Å². The first-order valence-corrected chi connectivity index (χ1v) is 18.4. The number of alkyl halides is 1. The summed E-state index contributed by atoms with van der Waals surface area (Å²) in [4.78, 5) is 59.2. The number of hydrogen-bond donors (Lipinski definition) is 2. The van der Waals surface area contributed by atoms with Crippen LogP contribution in [0, 0.1) is 11.8 Å². The van der Waals surface area contributed by atoms with Crippen molar-refractivity contribution in [1.29, 1.82) is 0 Å². The van der Waals surface area contributed by atoms with Crippen LogP contribution in [-0.4, -0.2) is 82.0 Å². The summed E-state index contributed by atoms with van der Waals surface area (Å²) in [5.41, 5.74) is -0.163. The second kappa shape index (κ2) is 16.7. The maximum atomic E-state index is 14.8. The smallest absolute Gasteiger partial charge is 0.313 e. The maximum Gasteiger partial charge on any atom is 0.313 e. The Kier molecular flexibility index (Phi) is 12.6. The van der Waals surface area contributed by atoms with E-state index >= 15 is 0 Å². The Morgan fingerprint density at radius 2 is 1.86 bits per heavy atom. The molecule has 268 valence electrons. The number of likely N-dealkylation sites (tertiary alicyclic amines) is 1. The number of anilines is 1. The minimum Gasteiger partial charge on any atom is -0.455 e. The topological polar surface area (TPSA) is 125 Å². The largest absolute Gasteiger partial charge is 0.455 e. The number of fused-ring (bicyclic) bond motifs is 1. The van der Waals surface area contributed by atoms with Crippen molar-refractivity contribution < 1.29 is 33.8 Å². The van der Waals surface area contributed by atoms with Crippen molar-refractivity contribution in [3.63, 3.8) is 0 Å². The van der Waals surface area contributed by atoms with Crippen LogP contribution in [0.1, 0.15) is 57.1 Å². The number of carbonyl (C=O) groups is 4. The van der Waals surface area contributed by atoms with E-state index < -0.39 is 47.7 Å². The lowest BCUT2D eigenvalue weighted by molar-refractivity contribution is -0.162. The molecular weight excluding hydrogens is 726 g/mol. The number of para-hydroxylation sites is 1. The van der Waals surface area contributed by atoms with E-state index in [1.807, 2.05) is 30.3 Å². The maximum absolute atomic E-state index is 14.8. The molecule has 5 rings (SSSR count). The Bertz CT molecular complexity index is 1580. The molecule has 0 saturated carbocycles. The highest BCUT2D eigenvalue weighted by atomic mass is 79.9. The van der Waals surface area contributed by atoms with Gasteiger partial charge in [-0.1, -0.05) is 82.1 Å². The van der Waals surface area contributed by atoms with Gasteiger partial charge in [-0.05, 0) is 56.7 Å². The third-order valence-electron chi connectivity index (χ3n) is 9.86. The van der Waals surface area contributed by atoms with E-state index in [9.17, 15) is 24.3 Å². The fraction of sp³-hybridized carbons (Fsp3) is 0.474. The number of aliphatic hydroxyl groups is 1. The Hall–Kier alpha value is -3.51. The van der Waals surface area contributed by atoms with Crippen molar-refractivity contribution in [1.82, 2.24) is 10.2 Å². The van der Waals surface area contributed by atoms with Crippen LogP contribution >= 0.6 is 27.5 Å². The molecule has 2 N–H and O–H groups in total. The second-order valence-corrected chi connectivity index (χ2v) is 14.7. The number of benzene rings is 2. The number of nitrogens with zero attached hydrogens (tertiary/aromatic N) is 2. The van der Waals surface area contributed by atoms with Crippen LogP contribution in [0.3, 0.4) is 0 Å². The summed E-state index contributed by atoms with van der Waals surface area (Å²) in [6.45, 7) is 9.69. The first-order valence-electron chi connectivity index (χ1n) is 17.1. The number of nitrogens with one attached hydrogen (secondary N) is 1. The van der Waals surface area contributed by atoms with Crippen molar-refractivity contribution in [2.24, 2.45) is 11.8 Å². The fourth-order valence-electron chi connectivity index (χ4n) is 7.68. The fourth-order valence-corrected chi connectivity index (χ4v) is 8.86. The number of amides is 3. The zero-order valence-electron chi connectivity index (χ0n) is 28.2. The molecule has 0 aromatic heterocycles. The summed E-state index contributed by atoms with van der Waals surface area (Å²) in [6, 6.07) is 14.5. The summed E-state index contributed by atoms with van der Waals surface area (Å²) in [7, 11) is 0. The molecule has 3 saturated heterocycles. The lowest BCUT2D eigenvalue weighted by atomic mass is 9.70. The Balaban J connectivity index is 1.50. The molecule has 2 aromatic carbocycles. The molecule has 3 fully saturated rings. The van der Waals surface area contributed by atoms with Gasteiger partial charge in [-0.15, -0.1) is 13.2 Å². The van der Waals surface area contributed by atoms with E-state index in [4.69, 9.17) is 21.1 Å². The number of halogens is 2. The average Bonchev–Trinajstić information content (AvgIpc) is 3.70. The molecule has 3 heterocycles. The molecule has 0 radical (unpaired) electrons. The van der Waals surface area contributed by atoms with Crippen LogP contribution in [0.5, 0.6) is 0 Å². The van der Waals surface area contributed by atoms with Crippen LogP contribution in [0.2, 0.25) is 5.02 Å². The van der Waals surface area contributed by atoms with Crippen LogP contribution in [0.4, 0.5) is 5.69 Å². The molecule has 50 heavy (non-hydrogen) atoms. The summed E-state index contributed by atoms with van der Waals surface area (Å²) in [5, 5.41) is 12.7. The van der Waals surface area contributed by atoms with Gasteiger partial charge in [-0.3, -0.25) is 19.2 Å². The predicted octanol–water partition coefficient (Wildman–Crippen LogP) is 5.53. The number of esters is 1. The molecule has 10 nitrogen and oxygen atoms in total. The van der Waals surface area contributed by atoms with Crippen LogP contribution in [0.25, 0.3) is 0 Å². The molecule has 3 amide bonds. The van der Waals surface area contributed by atoms with Gasteiger partial charge in [0, 0.05) is 30.9 Å². The monoisotopic (exact) mass is 769 g/mol. The Labute approximate surface area is 306 Å². The minimum atomic E-state index is -1.32. The molecule has 2 aromatic rings. The van der Waals surface area contributed by atoms with Crippen LogP contribution in [-0.2, 0) is 28.7 Å². The average molecular weight is 771 g/mol. The number of hydrogen-bond acceptors (Lipinski definition) is 7. The summed E-state index contributed by atoms with van der Waals surface area (Å²) in [5.74, 6) is -3.57. The SMILES string of the molecule is C=CCCC(=O)N[C@H](C)[C@@H](OC(=O)[C@H]1[C@@H]2O[C@@]3(CC2Br)[C@@H]1C(=O)N(CCCCCO)[C@@H]3C(=O)N(CC=C)c1ccccc1Cl)c1ccccc1. The number of carbonyl (C=O) groups excluding carboxylic acids is 4. The first kappa shape index (κ1) is 37.7. The Morgan fingerprint density at radius 1 is 1.14 bits per heavy atom. The molecule has 2 bridgehead atoms. The van der Waals surface area contributed by atoms with Crippen LogP contribution < -0.4 is 10.2 Å². The summed E-state index contributed by atoms with van der Waals surface area (Å²) < 4.78 is 13.0. The van der Waals surface area contributed by atoms with E-state index in [0.717, 1.165) is 0 Å². The highest BCUT2D eigenvalue weighted by Gasteiger charge is 2.77. The number of ether oxygens (including phenoxy) is 2. The van der Waals surface area contributed by atoms with E-state index in [1.54, 1.807) is 48.2 Å². The van der Waals surface area contributed by atoms with Gasteiger partial charge < -0.3 is 29.7 Å². The van der Waals surface area contributed by atoms with E-state index in [1.165, 1.54) is 4.90 Å². The standard InChI is InChI=1S/C38H45BrClN3O7/c1-4-6-19-29(45)41-24(3)32(25-15-9-7-10-16-25)49-37(48)30-31-35(46)43(21-13-8-14-22-44)34(38(31)23-26(39)33(30)50-38)36(47)42(20-5-2)28-18-12-11-17-27(28)40/h4-5,7,9-12,15-18,24,26,30-34,44H,1-2,6,8,13-14,19-23H2,3H3,(H,41,45)/t24-,26?,30-,31+,32-,33-,34-,38+/m1/s1. The highest BCUT2D eigenvalue weighted by molar-refractivity contribution is 9.09. The highest BCUT2D eigenvalue weighted by Crippen LogP contribution is 2.60. The molecule has 1 spiro atoms. The van der Waals surface area contributed by atoms with E-state index in [-0.39, 0.29) is 48.7 Å². The molecule has 0 aliphatic carbocycles. The normalized spacial score (nSPS) is 26.2. The molecule has 1 unspecified atom stereocenters. The van der Waals surface area contributed by atoms with Gasteiger partial charge in [-0.2, -0.15) is 0 Å². The van der Waals surface area contributed by atoms with Crippen molar-refractivity contribution in [2.75, 3.05) is 24.6 Å². The quantitative estimate of drug-likeness (QED) is 0.0940. The molecular formula is C38H45BrClN3O7. The van der Waals surface area contributed by atoms with Gasteiger partial charge in [0.25, 0.3) is 5.91 Å². The van der Waals surface area contributed by atoms with Gasteiger partial charge in [0.15, 0.2) is 0 Å². The van der Waals surface area contributed by atoms with Crippen molar-refractivity contribution in [3.8, 4) is 0 Å².